The first kappa shape index (κ1) is 28.6. The number of hydrogen-bond acceptors (Lipinski definition) is 8. The Bertz CT molecular complexity index is 1690. The van der Waals surface area contributed by atoms with Crippen molar-refractivity contribution in [2.45, 2.75) is 58.1 Å². The molecule has 1 atom stereocenters. The fourth-order valence-corrected chi connectivity index (χ4v) is 5.55. The van der Waals surface area contributed by atoms with Crippen molar-refractivity contribution >= 4 is 17.0 Å². The van der Waals surface area contributed by atoms with Gasteiger partial charge < -0.3 is 23.9 Å². The Balaban J connectivity index is 1.07. The highest BCUT2D eigenvalue weighted by molar-refractivity contribution is 5.94. The van der Waals surface area contributed by atoms with Gasteiger partial charge in [-0.05, 0) is 68.1 Å². The molecule has 6 rings (SSSR count). The Morgan fingerprint density at radius 3 is 2.70 bits per heavy atom. The summed E-state index contributed by atoms with van der Waals surface area (Å²) in [6.45, 7) is 5.68. The molecule has 4 heterocycles. The number of carboxylic acid groups (broad SMARTS) is 1. The molecule has 2 fully saturated rings. The monoisotopic (exact) mass is 585 g/mol. The summed E-state index contributed by atoms with van der Waals surface area (Å²) in [5.41, 5.74) is 3.61. The Labute approximate surface area is 248 Å². The molecule has 0 aliphatic carbocycles. The number of benzene rings is 2. The van der Waals surface area contributed by atoms with E-state index in [9.17, 15) is 14.3 Å². The molecule has 4 aromatic rings. The van der Waals surface area contributed by atoms with Gasteiger partial charge in [0.25, 0.3) is 0 Å². The zero-order valence-electron chi connectivity index (χ0n) is 23.8. The Morgan fingerprint density at radius 2 is 2.00 bits per heavy atom. The number of nitrogens with zero attached hydrogens (tertiary/aromatic N) is 5. The summed E-state index contributed by atoms with van der Waals surface area (Å²) in [6.07, 6.45) is 4.44. The minimum absolute atomic E-state index is 0.0333. The van der Waals surface area contributed by atoms with E-state index >= 15 is 0 Å². The molecule has 11 heteroatoms. The van der Waals surface area contributed by atoms with Crippen LogP contribution in [0.3, 0.4) is 0 Å². The molecule has 10 nitrogen and oxygen atoms in total. The summed E-state index contributed by atoms with van der Waals surface area (Å²) in [5.74, 6) is 0.110. The molecule has 0 radical (unpaired) electrons. The maximum Gasteiger partial charge on any atom is 0.335 e. The largest absolute Gasteiger partial charge is 0.490 e. The summed E-state index contributed by atoms with van der Waals surface area (Å²) < 4.78 is 33.8. The number of piperidine rings is 1. The van der Waals surface area contributed by atoms with Crippen LogP contribution in [0.15, 0.2) is 48.7 Å². The van der Waals surface area contributed by atoms with Crippen LogP contribution >= 0.6 is 0 Å². The lowest BCUT2D eigenvalue weighted by atomic mass is 10.1. The highest BCUT2D eigenvalue weighted by Crippen LogP contribution is 2.27. The highest BCUT2D eigenvalue weighted by atomic mass is 19.1. The topological polar surface area (TPSA) is 123 Å². The summed E-state index contributed by atoms with van der Waals surface area (Å²) >= 11 is 0. The molecule has 0 unspecified atom stereocenters. The molecule has 1 N–H and O–H groups in total. The first-order chi connectivity index (χ1) is 20.9. The fourth-order valence-electron chi connectivity index (χ4n) is 5.55. The van der Waals surface area contributed by atoms with E-state index in [1.807, 2.05) is 13.0 Å². The third kappa shape index (κ3) is 6.45. The van der Waals surface area contributed by atoms with Gasteiger partial charge >= 0.3 is 5.97 Å². The summed E-state index contributed by atoms with van der Waals surface area (Å²) in [4.78, 5) is 23.3. The van der Waals surface area contributed by atoms with Gasteiger partial charge in [0.1, 0.15) is 24.3 Å². The van der Waals surface area contributed by atoms with E-state index in [-0.39, 0.29) is 35.7 Å². The van der Waals surface area contributed by atoms with Gasteiger partial charge in [0, 0.05) is 32.0 Å². The lowest BCUT2D eigenvalue weighted by molar-refractivity contribution is -0.0592. The van der Waals surface area contributed by atoms with Crippen molar-refractivity contribution in [2.24, 2.45) is 0 Å². The molecular weight excluding hydrogens is 553 g/mol. The molecule has 0 bridgehead atoms. The second-order valence-corrected chi connectivity index (χ2v) is 11.0. The molecule has 222 valence electrons. The number of fused-ring (bicyclic) bond motifs is 1. The number of aryl methyl sites for hydroxylation is 1. The Hall–Kier alpha value is -4.53. The molecule has 2 saturated heterocycles. The van der Waals surface area contributed by atoms with Crippen LogP contribution in [0.5, 0.6) is 11.5 Å². The van der Waals surface area contributed by atoms with Crippen molar-refractivity contribution < 1.29 is 28.5 Å². The van der Waals surface area contributed by atoms with E-state index in [2.05, 4.69) is 14.5 Å². The van der Waals surface area contributed by atoms with Crippen molar-refractivity contribution in [1.82, 2.24) is 19.4 Å². The van der Waals surface area contributed by atoms with E-state index in [0.717, 1.165) is 67.4 Å². The molecule has 0 spiro atoms. The van der Waals surface area contributed by atoms with E-state index in [1.54, 1.807) is 30.5 Å². The Morgan fingerprint density at radius 1 is 1.19 bits per heavy atom. The van der Waals surface area contributed by atoms with Crippen LogP contribution < -0.4 is 9.47 Å². The molecule has 2 aliphatic rings. The number of aromatic carboxylic acids is 1. The van der Waals surface area contributed by atoms with E-state index in [1.165, 1.54) is 12.1 Å². The molecular formula is C32H32FN5O5. The van der Waals surface area contributed by atoms with Gasteiger partial charge in [-0.1, -0.05) is 0 Å². The van der Waals surface area contributed by atoms with Gasteiger partial charge in [0.2, 0.25) is 0 Å². The third-order valence-electron chi connectivity index (χ3n) is 7.98. The van der Waals surface area contributed by atoms with Crippen LogP contribution in [-0.2, 0) is 24.4 Å². The third-order valence-corrected chi connectivity index (χ3v) is 7.98. The number of likely N-dealkylation sites (tertiary alicyclic amines) is 1. The van der Waals surface area contributed by atoms with E-state index in [4.69, 9.17) is 24.5 Å². The van der Waals surface area contributed by atoms with Gasteiger partial charge in [0.15, 0.2) is 11.6 Å². The maximum atomic E-state index is 14.2. The summed E-state index contributed by atoms with van der Waals surface area (Å²) in [5, 5.41) is 18.5. The second kappa shape index (κ2) is 12.4. The number of carbonyl (C=O) groups is 1. The van der Waals surface area contributed by atoms with Crippen molar-refractivity contribution in [2.75, 3.05) is 19.7 Å². The van der Waals surface area contributed by atoms with Crippen molar-refractivity contribution in [3.05, 3.63) is 82.7 Å². The fraction of sp³-hybridized carbons (Fsp3) is 0.375. The number of pyridine rings is 1. The van der Waals surface area contributed by atoms with Crippen molar-refractivity contribution in [3.63, 3.8) is 0 Å². The number of imidazole rings is 1. The van der Waals surface area contributed by atoms with Crippen LogP contribution in [0.4, 0.5) is 4.39 Å². The quantitative estimate of drug-likeness (QED) is 0.278. The highest BCUT2D eigenvalue weighted by Gasteiger charge is 2.26. The minimum Gasteiger partial charge on any atom is -0.490 e. The molecule has 43 heavy (non-hydrogen) atoms. The lowest BCUT2D eigenvalue weighted by Crippen LogP contribution is -2.39. The molecule has 2 aromatic heterocycles. The summed E-state index contributed by atoms with van der Waals surface area (Å²) in [7, 11) is 0. The van der Waals surface area contributed by atoms with Crippen LogP contribution in [0.25, 0.3) is 11.0 Å². The van der Waals surface area contributed by atoms with Crippen molar-refractivity contribution in [3.8, 4) is 17.6 Å². The van der Waals surface area contributed by atoms with Crippen LogP contribution in [-0.4, -0.2) is 62.4 Å². The normalized spacial score (nSPS) is 17.4. The molecule has 0 saturated carbocycles. The number of rotatable bonds is 10. The average Bonchev–Trinajstić information content (AvgIpc) is 3.32. The minimum atomic E-state index is -0.949. The SMILES string of the molecule is Cc1cc(C(=O)O)cc2c1nc(CN1CCC(Oc3ccnc(COc4ccc(C#N)cc4F)c3)CC1)n2C[C@@H]1CCO1. The van der Waals surface area contributed by atoms with Crippen LogP contribution in [0.2, 0.25) is 0 Å². The number of ether oxygens (including phenoxy) is 3. The number of halogens is 1. The first-order valence-electron chi connectivity index (χ1n) is 14.4. The zero-order chi connectivity index (χ0) is 29.9. The van der Waals surface area contributed by atoms with E-state index < -0.39 is 11.8 Å². The molecule has 2 aromatic carbocycles. The first-order valence-corrected chi connectivity index (χ1v) is 14.4. The van der Waals surface area contributed by atoms with Gasteiger partial charge in [-0.2, -0.15) is 5.26 Å². The molecule has 0 amide bonds. The predicted octanol–water partition coefficient (Wildman–Crippen LogP) is 4.86. The standard InChI is InChI=1S/C32H32FN5O5/c1-20-12-22(32(39)40)14-28-31(20)36-30(38(28)17-26-7-11-41-26)18-37-9-5-24(6-10-37)43-25-4-8-35-23(15-25)19-42-29-3-2-21(16-34)13-27(29)33/h2-4,8,12-15,24,26H,5-7,9-11,17-19H2,1H3,(H,39,40)/t26-/m0/s1. The lowest BCUT2D eigenvalue weighted by Gasteiger charge is -2.32. The average molecular weight is 586 g/mol. The number of carboxylic acids is 1. The van der Waals surface area contributed by atoms with Gasteiger partial charge in [-0.15, -0.1) is 0 Å². The van der Waals surface area contributed by atoms with E-state index in [0.29, 0.717) is 24.5 Å². The summed E-state index contributed by atoms with van der Waals surface area (Å²) in [6, 6.07) is 13.0. The van der Waals surface area contributed by atoms with Crippen molar-refractivity contribution in [1.29, 1.82) is 5.26 Å². The Kier molecular flexibility index (Phi) is 8.22. The molecule has 2 aliphatic heterocycles. The smallest absolute Gasteiger partial charge is 0.335 e. The zero-order valence-corrected chi connectivity index (χ0v) is 23.8. The van der Waals surface area contributed by atoms with Gasteiger partial charge in [0.05, 0.1) is 53.1 Å². The maximum absolute atomic E-state index is 14.2. The van der Waals surface area contributed by atoms with Crippen LogP contribution in [0.1, 0.15) is 52.3 Å². The van der Waals surface area contributed by atoms with Gasteiger partial charge in [-0.25, -0.2) is 14.2 Å². The number of hydrogen-bond donors (Lipinski definition) is 1. The number of aromatic nitrogens is 3. The second-order valence-electron chi connectivity index (χ2n) is 11.0. The number of nitriles is 1. The van der Waals surface area contributed by atoms with Gasteiger partial charge in [-0.3, -0.25) is 9.88 Å². The predicted molar refractivity (Wildman–Crippen MR) is 154 cm³/mol. The van der Waals surface area contributed by atoms with Crippen LogP contribution in [0, 0.1) is 24.1 Å².